The van der Waals surface area contributed by atoms with E-state index in [4.69, 9.17) is 26.8 Å². The van der Waals surface area contributed by atoms with Gasteiger partial charge in [-0.25, -0.2) is 0 Å². The largest absolute Gasteiger partial charge is 0.493 e. The summed E-state index contributed by atoms with van der Waals surface area (Å²) in [7, 11) is 0. The molecule has 2 N–H and O–H groups in total. The third-order valence-corrected chi connectivity index (χ3v) is 3.88. The zero-order valence-electron chi connectivity index (χ0n) is 11.8. The van der Waals surface area contributed by atoms with E-state index < -0.39 is 0 Å². The molecule has 0 saturated heterocycles. The molecule has 3 nitrogen and oxygen atoms in total. The van der Waals surface area contributed by atoms with Crippen molar-refractivity contribution in [3.63, 3.8) is 0 Å². The van der Waals surface area contributed by atoms with E-state index in [2.05, 4.69) is 12.1 Å². The Labute approximate surface area is 129 Å². The van der Waals surface area contributed by atoms with E-state index in [0.717, 1.165) is 36.5 Å². The van der Waals surface area contributed by atoms with Crippen molar-refractivity contribution in [3.8, 4) is 11.5 Å². The van der Waals surface area contributed by atoms with Gasteiger partial charge in [0.1, 0.15) is 11.5 Å². The van der Waals surface area contributed by atoms with E-state index in [9.17, 15) is 0 Å². The molecule has 2 aromatic carbocycles. The molecule has 0 aliphatic carbocycles. The SMILES string of the molecule is NCc1cc(Cl)ccc1OCCc1ccc2c(c1)CCO2. The van der Waals surface area contributed by atoms with Crippen molar-refractivity contribution < 1.29 is 9.47 Å². The zero-order valence-corrected chi connectivity index (χ0v) is 12.5. The summed E-state index contributed by atoms with van der Waals surface area (Å²) in [5.74, 6) is 1.83. The molecule has 0 radical (unpaired) electrons. The topological polar surface area (TPSA) is 44.5 Å². The highest BCUT2D eigenvalue weighted by molar-refractivity contribution is 6.30. The summed E-state index contributed by atoms with van der Waals surface area (Å²) in [5, 5.41) is 0.682. The molecule has 0 atom stereocenters. The first kappa shape index (κ1) is 14.2. The van der Waals surface area contributed by atoms with Gasteiger partial charge < -0.3 is 15.2 Å². The standard InChI is InChI=1S/C17H18ClNO2/c18-15-2-4-17(14(10-15)11-19)20-7-5-12-1-3-16-13(9-12)6-8-21-16/h1-4,9-10H,5-8,11,19H2. The number of benzene rings is 2. The Balaban J connectivity index is 1.61. The minimum Gasteiger partial charge on any atom is -0.493 e. The Kier molecular flexibility index (Phi) is 4.32. The van der Waals surface area contributed by atoms with Gasteiger partial charge in [0.2, 0.25) is 0 Å². The van der Waals surface area contributed by atoms with Crippen LogP contribution in [0.4, 0.5) is 0 Å². The molecule has 2 aromatic rings. The van der Waals surface area contributed by atoms with Gasteiger partial charge in [-0.2, -0.15) is 0 Å². The number of fused-ring (bicyclic) bond motifs is 1. The summed E-state index contributed by atoms with van der Waals surface area (Å²) in [4.78, 5) is 0. The summed E-state index contributed by atoms with van der Waals surface area (Å²) in [6, 6.07) is 11.9. The first-order valence-electron chi connectivity index (χ1n) is 7.12. The predicted molar refractivity (Wildman–Crippen MR) is 84.2 cm³/mol. The van der Waals surface area contributed by atoms with Gasteiger partial charge in [-0.15, -0.1) is 0 Å². The van der Waals surface area contributed by atoms with E-state index in [1.54, 1.807) is 0 Å². The van der Waals surface area contributed by atoms with Gasteiger partial charge in [-0.3, -0.25) is 0 Å². The molecule has 4 heteroatoms. The maximum Gasteiger partial charge on any atom is 0.123 e. The molecule has 1 aliphatic rings. The van der Waals surface area contributed by atoms with Gasteiger partial charge in [0, 0.05) is 30.0 Å². The van der Waals surface area contributed by atoms with Gasteiger partial charge in [0.25, 0.3) is 0 Å². The highest BCUT2D eigenvalue weighted by atomic mass is 35.5. The van der Waals surface area contributed by atoms with Crippen molar-refractivity contribution in [1.82, 2.24) is 0 Å². The molecular formula is C17H18ClNO2. The van der Waals surface area contributed by atoms with Crippen molar-refractivity contribution in [2.75, 3.05) is 13.2 Å². The van der Waals surface area contributed by atoms with Crippen LogP contribution in [0.15, 0.2) is 36.4 Å². The Hall–Kier alpha value is -1.71. The molecule has 0 spiro atoms. The summed E-state index contributed by atoms with van der Waals surface area (Å²) in [6.07, 6.45) is 1.86. The van der Waals surface area contributed by atoms with E-state index in [1.807, 2.05) is 24.3 Å². The van der Waals surface area contributed by atoms with Gasteiger partial charge in [-0.05, 0) is 35.4 Å². The fraction of sp³-hybridized carbons (Fsp3) is 0.294. The first-order valence-corrected chi connectivity index (χ1v) is 7.50. The van der Waals surface area contributed by atoms with E-state index in [1.165, 1.54) is 11.1 Å². The Morgan fingerprint density at radius 2 is 2.10 bits per heavy atom. The third kappa shape index (κ3) is 3.31. The molecule has 0 fully saturated rings. The number of ether oxygens (including phenoxy) is 2. The lowest BCUT2D eigenvalue weighted by Crippen LogP contribution is -2.06. The molecule has 3 rings (SSSR count). The Morgan fingerprint density at radius 1 is 1.19 bits per heavy atom. The normalized spacial score (nSPS) is 12.9. The molecule has 0 unspecified atom stereocenters. The summed E-state index contributed by atoms with van der Waals surface area (Å²) in [5.41, 5.74) is 9.21. The van der Waals surface area contributed by atoms with Crippen LogP contribution in [0, 0.1) is 0 Å². The van der Waals surface area contributed by atoms with E-state index in [0.29, 0.717) is 18.2 Å². The molecule has 0 bridgehead atoms. The van der Waals surface area contributed by atoms with Crippen LogP contribution in [0.25, 0.3) is 0 Å². The van der Waals surface area contributed by atoms with Gasteiger partial charge in [-0.1, -0.05) is 23.7 Å². The van der Waals surface area contributed by atoms with Gasteiger partial charge in [0.05, 0.1) is 13.2 Å². The number of hydrogen-bond acceptors (Lipinski definition) is 3. The smallest absolute Gasteiger partial charge is 0.123 e. The lowest BCUT2D eigenvalue weighted by molar-refractivity contribution is 0.318. The fourth-order valence-corrected chi connectivity index (χ4v) is 2.72. The molecule has 0 aromatic heterocycles. The lowest BCUT2D eigenvalue weighted by Gasteiger charge is -2.11. The van der Waals surface area contributed by atoms with Crippen molar-refractivity contribution in [3.05, 3.63) is 58.1 Å². The molecular weight excluding hydrogens is 286 g/mol. The van der Waals surface area contributed by atoms with Crippen LogP contribution in [-0.2, 0) is 19.4 Å². The lowest BCUT2D eigenvalue weighted by atomic mass is 10.1. The monoisotopic (exact) mass is 303 g/mol. The van der Waals surface area contributed by atoms with Crippen LogP contribution >= 0.6 is 11.6 Å². The van der Waals surface area contributed by atoms with Crippen molar-refractivity contribution >= 4 is 11.6 Å². The molecule has 1 heterocycles. The van der Waals surface area contributed by atoms with Gasteiger partial charge >= 0.3 is 0 Å². The molecule has 110 valence electrons. The molecule has 1 aliphatic heterocycles. The Bertz CT molecular complexity index is 643. The van der Waals surface area contributed by atoms with Crippen LogP contribution in [-0.4, -0.2) is 13.2 Å². The summed E-state index contributed by atoms with van der Waals surface area (Å²) in [6.45, 7) is 1.83. The van der Waals surface area contributed by atoms with Crippen LogP contribution in [0.1, 0.15) is 16.7 Å². The van der Waals surface area contributed by atoms with E-state index in [-0.39, 0.29) is 0 Å². The van der Waals surface area contributed by atoms with Crippen LogP contribution in [0.3, 0.4) is 0 Å². The first-order chi connectivity index (χ1) is 10.3. The zero-order chi connectivity index (χ0) is 14.7. The minimum atomic E-state index is 0.423. The molecule has 0 saturated carbocycles. The van der Waals surface area contributed by atoms with Crippen molar-refractivity contribution in [1.29, 1.82) is 0 Å². The number of rotatable bonds is 5. The van der Waals surface area contributed by atoms with E-state index >= 15 is 0 Å². The summed E-state index contributed by atoms with van der Waals surface area (Å²) < 4.78 is 11.3. The Morgan fingerprint density at radius 3 is 2.95 bits per heavy atom. The highest BCUT2D eigenvalue weighted by Gasteiger charge is 2.12. The minimum absolute atomic E-state index is 0.423. The predicted octanol–water partition coefficient (Wildman–Crippen LogP) is 3.36. The van der Waals surface area contributed by atoms with Crippen LogP contribution in [0.2, 0.25) is 5.02 Å². The van der Waals surface area contributed by atoms with Crippen molar-refractivity contribution in [2.24, 2.45) is 5.73 Å². The van der Waals surface area contributed by atoms with Crippen molar-refractivity contribution in [2.45, 2.75) is 19.4 Å². The third-order valence-electron chi connectivity index (χ3n) is 3.64. The number of hydrogen-bond donors (Lipinski definition) is 1. The average Bonchev–Trinajstić information content (AvgIpc) is 2.96. The average molecular weight is 304 g/mol. The fourth-order valence-electron chi connectivity index (χ4n) is 2.52. The highest BCUT2D eigenvalue weighted by Crippen LogP contribution is 2.26. The second-order valence-electron chi connectivity index (χ2n) is 5.10. The number of halogens is 1. The van der Waals surface area contributed by atoms with Crippen LogP contribution < -0.4 is 15.2 Å². The molecule has 0 amide bonds. The second kappa shape index (κ2) is 6.37. The second-order valence-corrected chi connectivity index (χ2v) is 5.53. The quantitative estimate of drug-likeness (QED) is 0.921. The maximum atomic E-state index is 5.96. The van der Waals surface area contributed by atoms with Gasteiger partial charge in [0.15, 0.2) is 0 Å². The number of nitrogens with two attached hydrogens (primary N) is 1. The maximum absolute atomic E-state index is 5.96. The van der Waals surface area contributed by atoms with Crippen LogP contribution in [0.5, 0.6) is 11.5 Å². The summed E-state index contributed by atoms with van der Waals surface area (Å²) >= 11 is 5.96. The molecule has 21 heavy (non-hydrogen) atoms.